The quantitative estimate of drug-likeness (QED) is 0.0552. The first-order valence-corrected chi connectivity index (χ1v) is 6.78. The largest absolute Gasteiger partial charge is 0.464 e. The van der Waals surface area contributed by atoms with Gasteiger partial charge in [0.15, 0.2) is 24.5 Å². The molecule has 4 amide bonds. The molecule has 0 aromatic rings. The fourth-order valence-corrected chi connectivity index (χ4v) is 1.55. The van der Waals surface area contributed by atoms with Crippen molar-refractivity contribution in [3.63, 3.8) is 0 Å². The smallest absolute Gasteiger partial charge is 0.426 e. The zero-order valence-electron chi connectivity index (χ0n) is 11.7. The van der Waals surface area contributed by atoms with E-state index in [9.17, 15) is 19.2 Å². The Balaban J connectivity index is 4.78. The average Bonchev–Trinajstić information content (AvgIpc) is 2.46. The highest BCUT2D eigenvalue weighted by molar-refractivity contribution is 7.93. The summed E-state index contributed by atoms with van der Waals surface area (Å²) in [6, 6.07) is -1.89. The molecule has 0 heterocycles. The van der Waals surface area contributed by atoms with Crippen LogP contribution in [-0.2, 0) is 28.0 Å². The first-order valence-electron chi connectivity index (χ1n) is 5.38. The van der Waals surface area contributed by atoms with Crippen molar-refractivity contribution < 1.29 is 47.8 Å². The molecule has 140 valence electrons. The maximum atomic E-state index is 11.7. The van der Waals surface area contributed by atoms with Crippen LogP contribution in [0.15, 0.2) is 0 Å². The van der Waals surface area contributed by atoms with Gasteiger partial charge in [0.1, 0.15) is 6.42 Å². The number of hydrogen-bond donors (Lipinski definition) is 6. The zero-order chi connectivity index (χ0) is 19.6. The molecule has 0 aliphatic rings. The Morgan fingerprint density at radius 2 is 1.16 bits per heavy atom. The van der Waals surface area contributed by atoms with Gasteiger partial charge in [-0.1, -0.05) is 8.67 Å². The Hall–Kier alpha value is -2.96. The summed E-state index contributed by atoms with van der Waals surface area (Å²) in [5.74, 6) is -2.84. The third kappa shape index (κ3) is 9.04. The summed E-state index contributed by atoms with van der Waals surface area (Å²) in [7, 11) is 0. The molecular formula is C7H10N6O10S2. The van der Waals surface area contributed by atoms with E-state index >= 15 is 0 Å². The Labute approximate surface area is 146 Å². The number of rotatable bonds is 8. The Kier molecular flexibility index (Phi) is 9.47. The molecule has 25 heavy (non-hydrogen) atoms. The van der Waals surface area contributed by atoms with E-state index < -0.39 is 42.5 Å². The van der Waals surface area contributed by atoms with Gasteiger partial charge in [-0.15, -0.1) is 0 Å². The Morgan fingerprint density at radius 1 is 0.840 bits per heavy atom. The third-order valence-electron chi connectivity index (χ3n) is 1.56. The molecule has 16 nitrogen and oxygen atoms in total. The number of carbonyl (C=O) groups excluding carboxylic acids is 2. The molecule has 0 aromatic heterocycles. The van der Waals surface area contributed by atoms with Crippen LogP contribution in [-0.4, -0.2) is 54.9 Å². The third-order valence-corrected chi connectivity index (χ3v) is 2.84. The lowest BCUT2D eigenvalue weighted by Gasteiger charge is -2.16. The number of carboxylic acid groups (broad SMARTS) is 2. The predicted molar refractivity (Wildman–Crippen MR) is 77.7 cm³/mol. The van der Waals surface area contributed by atoms with Gasteiger partial charge in [-0.25, -0.2) is 20.4 Å². The molecular weight excluding hydrogens is 392 g/mol. The molecule has 0 unspecified atom stereocenters. The van der Waals surface area contributed by atoms with Crippen molar-refractivity contribution in [1.29, 1.82) is 10.8 Å². The van der Waals surface area contributed by atoms with E-state index in [1.165, 1.54) is 0 Å². The SMILES string of the molecule is N=C(N)OOSN(C(=O)O)C(=O)CC(=O)N(SOOC(=N)N)C(=O)O. The molecule has 0 fully saturated rings. The zero-order valence-corrected chi connectivity index (χ0v) is 13.4. The summed E-state index contributed by atoms with van der Waals surface area (Å²) in [6.07, 6.45) is -5.02. The van der Waals surface area contributed by atoms with Crippen LogP contribution in [0.3, 0.4) is 0 Å². The van der Waals surface area contributed by atoms with Gasteiger partial charge in [-0.3, -0.25) is 19.4 Å². The lowest BCUT2D eigenvalue weighted by molar-refractivity contribution is -0.136. The fourth-order valence-electron chi connectivity index (χ4n) is 0.798. The maximum Gasteiger partial charge on any atom is 0.426 e. The minimum Gasteiger partial charge on any atom is -0.464 e. The van der Waals surface area contributed by atoms with Crippen LogP contribution in [0.5, 0.6) is 0 Å². The van der Waals surface area contributed by atoms with Gasteiger partial charge < -0.3 is 21.7 Å². The second kappa shape index (κ2) is 10.7. The summed E-state index contributed by atoms with van der Waals surface area (Å²) in [4.78, 5) is 53.1. The lowest BCUT2D eigenvalue weighted by Crippen LogP contribution is -2.37. The highest BCUT2D eigenvalue weighted by atomic mass is 32.2. The molecule has 0 aliphatic heterocycles. The fraction of sp³-hybridized carbons (Fsp3) is 0.143. The van der Waals surface area contributed by atoms with E-state index in [1.54, 1.807) is 0 Å². The predicted octanol–water partition coefficient (Wildman–Crippen LogP) is -0.801. The van der Waals surface area contributed by atoms with Crippen molar-refractivity contribution in [3.8, 4) is 0 Å². The second-order valence-corrected chi connectivity index (χ2v) is 4.60. The molecule has 0 rings (SSSR count). The minimum absolute atomic E-state index is 0.127. The summed E-state index contributed by atoms with van der Waals surface area (Å²) < 4.78 is 7.91. The Morgan fingerprint density at radius 3 is 1.40 bits per heavy atom. The monoisotopic (exact) mass is 402 g/mol. The van der Waals surface area contributed by atoms with Crippen LogP contribution in [0.25, 0.3) is 0 Å². The number of nitrogens with one attached hydrogen (secondary N) is 2. The summed E-state index contributed by atoms with van der Waals surface area (Å²) >= 11 is -0.469. The van der Waals surface area contributed by atoms with Gasteiger partial charge in [0.05, 0.1) is 0 Å². The normalized spacial score (nSPS) is 9.60. The van der Waals surface area contributed by atoms with E-state index in [4.69, 9.17) is 32.5 Å². The number of hydrogen-bond acceptors (Lipinski definition) is 12. The molecule has 0 saturated heterocycles. The van der Waals surface area contributed by atoms with Crippen LogP contribution < -0.4 is 11.5 Å². The van der Waals surface area contributed by atoms with Crippen molar-refractivity contribution in [2.75, 3.05) is 0 Å². The number of carbonyl (C=O) groups is 4. The van der Waals surface area contributed by atoms with Crippen molar-refractivity contribution >= 4 is 60.5 Å². The van der Waals surface area contributed by atoms with Crippen LogP contribution >= 0.6 is 24.5 Å². The van der Waals surface area contributed by atoms with Crippen molar-refractivity contribution in [1.82, 2.24) is 8.61 Å². The number of nitrogens with two attached hydrogens (primary N) is 2. The molecule has 0 aromatic carbocycles. The van der Waals surface area contributed by atoms with E-state index in [-0.39, 0.29) is 33.1 Å². The number of amides is 4. The van der Waals surface area contributed by atoms with Crippen LogP contribution in [0.2, 0.25) is 0 Å². The van der Waals surface area contributed by atoms with Crippen molar-refractivity contribution in [3.05, 3.63) is 0 Å². The van der Waals surface area contributed by atoms with Gasteiger partial charge in [-0.05, 0) is 0 Å². The maximum absolute atomic E-state index is 11.7. The number of amidine groups is 2. The van der Waals surface area contributed by atoms with Gasteiger partial charge >= 0.3 is 24.2 Å². The highest BCUT2D eigenvalue weighted by Crippen LogP contribution is 2.18. The molecule has 0 bridgehead atoms. The van der Waals surface area contributed by atoms with E-state index in [2.05, 4.69) is 18.4 Å². The first-order chi connectivity index (χ1) is 11.6. The summed E-state index contributed by atoms with van der Waals surface area (Å²) in [5, 5.41) is 30.9. The molecule has 18 heteroatoms. The van der Waals surface area contributed by atoms with Crippen molar-refractivity contribution in [2.24, 2.45) is 11.5 Å². The standard InChI is InChI=1S/C7H10N6O10S2/c8-4(9)20-22-24-12(6(16)17)2(14)1-3(15)13(7(18)19)25-23-21-5(10)11/h1H2,(H3,8,9)(H3,10,11)(H,16,17)(H,18,19). The highest BCUT2D eigenvalue weighted by Gasteiger charge is 2.31. The van der Waals surface area contributed by atoms with Crippen LogP contribution in [0.4, 0.5) is 9.59 Å². The van der Waals surface area contributed by atoms with E-state index in [1.807, 2.05) is 0 Å². The van der Waals surface area contributed by atoms with Gasteiger partial charge in [0.2, 0.25) is 0 Å². The molecule has 0 spiro atoms. The lowest BCUT2D eigenvalue weighted by atomic mass is 10.4. The molecule has 0 aliphatic carbocycles. The van der Waals surface area contributed by atoms with E-state index in [0.717, 1.165) is 0 Å². The number of imide groups is 2. The van der Waals surface area contributed by atoms with Crippen molar-refractivity contribution in [2.45, 2.75) is 6.42 Å². The number of nitrogens with zero attached hydrogens (tertiary/aromatic N) is 2. The van der Waals surface area contributed by atoms with Gasteiger partial charge in [-0.2, -0.15) is 8.61 Å². The minimum atomic E-state index is -1.89. The van der Waals surface area contributed by atoms with Gasteiger partial charge in [0, 0.05) is 0 Å². The summed E-state index contributed by atoms with van der Waals surface area (Å²) in [5.41, 5.74) is 9.49. The second-order valence-electron chi connectivity index (χ2n) is 3.30. The molecule has 0 atom stereocenters. The molecule has 0 saturated carbocycles. The average molecular weight is 402 g/mol. The van der Waals surface area contributed by atoms with Gasteiger partial charge in [0.25, 0.3) is 11.8 Å². The first kappa shape index (κ1) is 22.0. The van der Waals surface area contributed by atoms with Crippen LogP contribution in [0, 0.1) is 10.8 Å². The van der Waals surface area contributed by atoms with Crippen LogP contribution in [0.1, 0.15) is 6.42 Å². The van der Waals surface area contributed by atoms with E-state index in [0.29, 0.717) is 0 Å². The Bertz CT molecular complexity index is 524. The molecule has 0 radical (unpaired) electrons. The molecule has 8 N–H and O–H groups in total. The topological polar surface area (TPSA) is 252 Å². The summed E-state index contributed by atoms with van der Waals surface area (Å²) in [6.45, 7) is 0.